The molecular formula is C20H21N3O4. The van der Waals surface area contributed by atoms with Crippen LogP contribution in [0.3, 0.4) is 0 Å². The number of methoxy groups -OCH3 is 1. The lowest BCUT2D eigenvalue weighted by Gasteiger charge is -2.19. The number of amides is 4. The van der Waals surface area contributed by atoms with Crippen molar-refractivity contribution in [2.45, 2.75) is 19.9 Å². The number of anilines is 2. The molecule has 1 aliphatic heterocycles. The molecule has 1 saturated heterocycles. The second-order valence-electron chi connectivity index (χ2n) is 6.34. The van der Waals surface area contributed by atoms with E-state index in [0.717, 1.165) is 10.5 Å². The molecule has 1 N–H and O–H groups in total. The lowest BCUT2D eigenvalue weighted by atomic mass is 10.2. The first-order chi connectivity index (χ1) is 12.9. The fraction of sp³-hybridized carbons (Fsp3) is 0.250. The number of carbonyl (C=O) groups is 3. The molecule has 0 aromatic heterocycles. The van der Waals surface area contributed by atoms with Crippen LogP contribution in [0.25, 0.3) is 0 Å². The Balaban J connectivity index is 1.76. The summed E-state index contributed by atoms with van der Waals surface area (Å²) in [7, 11) is 1.51. The fourth-order valence-electron chi connectivity index (χ4n) is 3.05. The Morgan fingerprint density at radius 3 is 2.52 bits per heavy atom. The standard InChI is InChI=1S/C20H21N3O4/c1-13-9-10-17(27-3)16(11-13)21-18(24)12-22-19(25)14(2)23(20(22)26)15-7-5-4-6-8-15/h4-11,14H,12H2,1-3H3,(H,21,24). The van der Waals surface area contributed by atoms with Gasteiger partial charge in [-0.25, -0.2) is 4.79 Å². The number of ether oxygens (including phenoxy) is 1. The maximum atomic E-state index is 12.7. The van der Waals surface area contributed by atoms with Crippen molar-refractivity contribution in [3.05, 3.63) is 54.1 Å². The highest BCUT2D eigenvalue weighted by Gasteiger charge is 2.44. The first-order valence-electron chi connectivity index (χ1n) is 8.56. The van der Waals surface area contributed by atoms with Crippen molar-refractivity contribution in [1.82, 2.24) is 4.90 Å². The van der Waals surface area contributed by atoms with Crippen LogP contribution in [0.5, 0.6) is 5.75 Å². The first kappa shape index (κ1) is 18.4. The third-order valence-electron chi connectivity index (χ3n) is 4.41. The summed E-state index contributed by atoms with van der Waals surface area (Å²) >= 11 is 0. The lowest BCUT2D eigenvalue weighted by molar-refractivity contribution is -0.130. The number of para-hydroxylation sites is 1. The minimum atomic E-state index is -0.666. The minimum Gasteiger partial charge on any atom is -0.495 e. The summed E-state index contributed by atoms with van der Waals surface area (Å²) in [5.41, 5.74) is 2.06. The average molecular weight is 367 g/mol. The van der Waals surface area contributed by atoms with Gasteiger partial charge in [0.2, 0.25) is 5.91 Å². The fourth-order valence-corrected chi connectivity index (χ4v) is 3.05. The molecule has 0 radical (unpaired) electrons. The van der Waals surface area contributed by atoms with E-state index in [9.17, 15) is 14.4 Å². The Bertz CT molecular complexity index is 882. The van der Waals surface area contributed by atoms with Crippen LogP contribution in [0, 0.1) is 6.92 Å². The van der Waals surface area contributed by atoms with Crippen molar-refractivity contribution in [2.24, 2.45) is 0 Å². The van der Waals surface area contributed by atoms with E-state index in [2.05, 4.69) is 5.32 Å². The van der Waals surface area contributed by atoms with E-state index in [0.29, 0.717) is 17.1 Å². The Morgan fingerprint density at radius 2 is 1.85 bits per heavy atom. The van der Waals surface area contributed by atoms with Crippen LogP contribution in [0.1, 0.15) is 12.5 Å². The quantitative estimate of drug-likeness (QED) is 0.824. The number of rotatable bonds is 5. The van der Waals surface area contributed by atoms with Crippen molar-refractivity contribution in [3.8, 4) is 5.75 Å². The highest BCUT2D eigenvalue weighted by molar-refractivity contribution is 6.16. The summed E-state index contributed by atoms with van der Waals surface area (Å²) in [6.07, 6.45) is 0. The first-order valence-corrected chi connectivity index (χ1v) is 8.56. The molecule has 0 saturated carbocycles. The molecule has 4 amide bonds. The van der Waals surface area contributed by atoms with Crippen LogP contribution in [0.15, 0.2) is 48.5 Å². The van der Waals surface area contributed by atoms with Crippen LogP contribution >= 0.6 is 0 Å². The van der Waals surface area contributed by atoms with Crippen LogP contribution in [0.2, 0.25) is 0 Å². The van der Waals surface area contributed by atoms with Crippen molar-refractivity contribution < 1.29 is 19.1 Å². The van der Waals surface area contributed by atoms with Gasteiger partial charge in [0.25, 0.3) is 5.91 Å². The van der Waals surface area contributed by atoms with E-state index in [1.54, 1.807) is 43.3 Å². The summed E-state index contributed by atoms with van der Waals surface area (Å²) in [6.45, 7) is 3.18. The minimum absolute atomic E-state index is 0.359. The predicted octanol–water partition coefficient (Wildman–Crippen LogP) is 2.80. The van der Waals surface area contributed by atoms with Gasteiger partial charge in [0.15, 0.2) is 0 Å². The van der Waals surface area contributed by atoms with E-state index >= 15 is 0 Å². The number of aryl methyl sites for hydroxylation is 1. The SMILES string of the molecule is COc1ccc(C)cc1NC(=O)CN1C(=O)C(C)N(c2ccccc2)C1=O. The molecule has 7 heteroatoms. The molecular weight excluding hydrogens is 346 g/mol. The second kappa shape index (κ2) is 7.49. The maximum absolute atomic E-state index is 12.7. The number of hydrogen-bond acceptors (Lipinski definition) is 4. The molecule has 1 unspecified atom stereocenters. The Kier molecular flexibility index (Phi) is 5.12. The van der Waals surface area contributed by atoms with Gasteiger partial charge in [0.05, 0.1) is 12.8 Å². The van der Waals surface area contributed by atoms with Crippen molar-refractivity contribution in [2.75, 3.05) is 23.9 Å². The summed E-state index contributed by atoms with van der Waals surface area (Å²) in [4.78, 5) is 40.1. The Labute approximate surface area is 157 Å². The monoisotopic (exact) mass is 367 g/mol. The lowest BCUT2D eigenvalue weighted by Crippen LogP contribution is -2.39. The molecule has 1 heterocycles. The summed E-state index contributed by atoms with van der Waals surface area (Å²) in [5.74, 6) is -0.370. The van der Waals surface area contributed by atoms with Crippen molar-refractivity contribution >= 4 is 29.2 Å². The van der Waals surface area contributed by atoms with E-state index in [4.69, 9.17) is 4.74 Å². The molecule has 0 spiro atoms. The third-order valence-corrected chi connectivity index (χ3v) is 4.41. The van der Waals surface area contributed by atoms with E-state index in [1.165, 1.54) is 12.0 Å². The predicted molar refractivity (Wildman–Crippen MR) is 102 cm³/mol. The number of imide groups is 1. The Morgan fingerprint density at radius 1 is 1.15 bits per heavy atom. The van der Waals surface area contributed by atoms with E-state index < -0.39 is 23.9 Å². The number of urea groups is 1. The molecule has 3 rings (SSSR count). The highest BCUT2D eigenvalue weighted by atomic mass is 16.5. The molecule has 2 aromatic rings. The molecule has 140 valence electrons. The normalized spacial score (nSPS) is 16.6. The summed E-state index contributed by atoms with van der Waals surface area (Å²) in [6, 6.07) is 13.1. The second-order valence-corrected chi connectivity index (χ2v) is 6.34. The smallest absolute Gasteiger partial charge is 0.332 e. The summed E-state index contributed by atoms with van der Waals surface area (Å²) < 4.78 is 5.23. The van der Waals surface area contributed by atoms with Gasteiger partial charge in [-0.05, 0) is 43.7 Å². The van der Waals surface area contributed by atoms with Crippen molar-refractivity contribution in [1.29, 1.82) is 0 Å². The van der Waals surface area contributed by atoms with E-state index in [-0.39, 0.29) is 6.54 Å². The molecule has 1 fully saturated rings. The van der Waals surface area contributed by atoms with E-state index in [1.807, 2.05) is 19.1 Å². The number of hydrogen-bond donors (Lipinski definition) is 1. The van der Waals surface area contributed by atoms with Gasteiger partial charge in [0, 0.05) is 5.69 Å². The average Bonchev–Trinajstić information content (AvgIpc) is 2.86. The van der Waals surface area contributed by atoms with Gasteiger partial charge in [-0.15, -0.1) is 0 Å². The number of nitrogens with one attached hydrogen (secondary N) is 1. The largest absolute Gasteiger partial charge is 0.495 e. The number of nitrogens with zero attached hydrogens (tertiary/aromatic N) is 2. The highest BCUT2D eigenvalue weighted by Crippen LogP contribution is 2.27. The zero-order chi connectivity index (χ0) is 19.6. The zero-order valence-corrected chi connectivity index (χ0v) is 15.4. The molecule has 0 aliphatic carbocycles. The van der Waals surface area contributed by atoms with Crippen molar-refractivity contribution in [3.63, 3.8) is 0 Å². The number of carbonyl (C=O) groups excluding carboxylic acids is 3. The molecule has 27 heavy (non-hydrogen) atoms. The van der Waals surface area contributed by atoms with Gasteiger partial charge in [-0.1, -0.05) is 24.3 Å². The molecule has 2 aromatic carbocycles. The third kappa shape index (κ3) is 3.62. The zero-order valence-electron chi connectivity index (χ0n) is 15.4. The van der Waals surface area contributed by atoms with Gasteiger partial charge >= 0.3 is 6.03 Å². The topological polar surface area (TPSA) is 79.0 Å². The molecule has 1 aliphatic rings. The van der Waals surface area contributed by atoms with Crippen LogP contribution in [0.4, 0.5) is 16.2 Å². The molecule has 7 nitrogen and oxygen atoms in total. The maximum Gasteiger partial charge on any atom is 0.332 e. The van der Waals surface area contributed by atoms with Crippen LogP contribution in [-0.4, -0.2) is 42.4 Å². The number of benzene rings is 2. The van der Waals surface area contributed by atoms with Crippen LogP contribution in [-0.2, 0) is 9.59 Å². The molecule has 0 bridgehead atoms. The van der Waals surface area contributed by atoms with Gasteiger partial charge in [-0.3, -0.25) is 19.4 Å². The van der Waals surface area contributed by atoms with Gasteiger partial charge in [-0.2, -0.15) is 0 Å². The summed E-state index contributed by atoms with van der Waals surface area (Å²) in [5, 5.41) is 2.71. The van der Waals surface area contributed by atoms with Gasteiger partial charge < -0.3 is 10.1 Å². The molecule has 1 atom stereocenters. The van der Waals surface area contributed by atoms with Crippen LogP contribution < -0.4 is 15.0 Å². The van der Waals surface area contributed by atoms with Gasteiger partial charge in [0.1, 0.15) is 18.3 Å². The Hall–Kier alpha value is -3.35.